The van der Waals surface area contributed by atoms with Gasteiger partial charge in [-0.05, 0) is 30.2 Å². The maximum absolute atomic E-state index is 13.5. The Morgan fingerprint density at radius 2 is 2.09 bits per heavy atom. The summed E-state index contributed by atoms with van der Waals surface area (Å²) in [7, 11) is 4.67. The predicted molar refractivity (Wildman–Crippen MR) is 124 cm³/mol. The lowest BCUT2D eigenvalue weighted by atomic mass is 9.77. The molecule has 1 N–H and O–H groups in total. The number of nitrogens with zero attached hydrogens (tertiary/aromatic N) is 5. The first kappa shape index (κ1) is 22.6. The maximum Gasteiger partial charge on any atom is 0.232 e. The zero-order valence-electron chi connectivity index (χ0n) is 18.1. The van der Waals surface area contributed by atoms with Crippen molar-refractivity contribution < 1.29 is 19.0 Å². The van der Waals surface area contributed by atoms with Crippen LogP contribution in [0.15, 0.2) is 36.5 Å². The zero-order valence-corrected chi connectivity index (χ0v) is 18.9. The summed E-state index contributed by atoms with van der Waals surface area (Å²) >= 11 is 6.30. The Morgan fingerprint density at radius 3 is 2.75 bits per heavy atom. The fourth-order valence-electron chi connectivity index (χ4n) is 3.76. The van der Waals surface area contributed by atoms with Crippen LogP contribution in [0.25, 0.3) is 5.69 Å². The summed E-state index contributed by atoms with van der Waals surface area (Å²) in [6, 6.07) is 8.13. The van der Waals surface area contributed by atoms with E-state index in [0.29, 0.717) is 29.2 Å². The van der Waals surface area contributed by atoms with Gasteiger partial charge in [-0.1, -0.05) is 17.7 Å². The molecule has 0 aliphatic carbocycles. The third-order valence-electron chi connectivity index (χ3n) is 5.33. The molecule has 166 valence electrons. The largest absolute Gasteiger partial charge is 0.481 e. The predicted octanol–water partition coefficient (Wildman–Crippen LogP) is 0.844. The Kier molecular flexibility index (Phi) is 6.41. The van der Waals surface area contributed by atoms with Crippen LogP contribution >= 0.6 is 11.6 Å². The highest BCUT2D eigenvalue weighted by atomic mass is 35.5. The monoisotopic (exact) mass is 457 g/mol. The van der Waals surface area contributed by atoms with Crippen LogP contribution in [-0.2, 0) is 11.3 Å². The molecule has 1 saturated heterocycles. The molecule has 12 heteroatoms. The van der Waals surface area contributed by atoms with Crippen molar-refractivity contribution in [3.05, 3.63) is 58.8 Å². The van der Waals surface area contributed by atoms with Crippen molar-refractivity contribution in [2.45, 2.75) is 24.5 Å². The molecule has 2 aromatic heterocycles. The third kappa shape index (κ3) is 4.90. The number of benzene rings is 1. The van der Waals surface area contributed by atoms with E-state index < -0.39 is 5.59 Å². The van der Waals surface area contributed by atoms with E-state index in [9.17, 15) is 9.50 Å². The second-order valence-corrected chi connectivity index (χ2v) is 8.55. The Balaban J connectivity index is 1.65. The molecular formula is C20H23B2ClFN5O3. The highest BCUT2D eigenvalue weighted by Crippen LogP contribution is 2.35. The summed E-state index contributed by atoms with van der Waals surface area (Å²) in [6.07, 6.45) is 2.51. The van der Waals surface area contributed by atoms with Crippen LogP contribution in [0, 0.1) is 5.82 Å². The average Bonchev–Trinajstić information content (AvgIpc) is 3.39. The van der Waals surface area contributed by atoms with Crippen molar-refractivity contribution in [2.75, 3.05) is 25.1 Å². The molecule has 0 amide bonds. The minimum absolute atomic E-state index is 0.0591. The van der Waals surface area contributed by atoms with E-state index in [1.807, 2.05) is 10.6 Å². The van der Waals surface area contributed by atoms with Crippen molar-refractivity contribution in [3.63, 3.8) is 0 Å². The Hall–Kier alpha value is -2.62. The van der Waals surface area contributed by atoms with Gasteiger partial charge in [0.2, 0.25) is 11.8 Å². The van der Waals surface area contributed by atoms with Crippen LogP contribution in [0.5, 0.6) is 5.88 Å². The first-order valence-corrected chi connectivity index (χ1v) is 10.6. The molecule has 1 aliphatic rings. The molecule has 4 rings (SSSR count). The molecule has 32 heavy (non-hydrogen) atoms. The average molecular weight is 458 g/mol. The van der Waals surface area contributed by atoms with Gasteiger partial charge in [-0.3, -0.25) is 4.57 Å². The number of rotatable bonds is 7. The van der Waals surface area contributed by atoms with Gasteiger partial charge in [0, 0.05) is 30.1 Å². The highest BCUT2D eigenvalue weighted by molar-refractivity contribution is 6.37. The summed E-state index contributed by atoms with van der Waals surface area (Å²) < 4.78 is 26.0. The molecule has 0 saturated carbocycles. The number of hydrogen-bond donors (Lipinski definition) is 1. The van der Waals surface area contributed by atoms with Crippen molar-refractivity contribution >= 4 is 33.2 Å². The molecular weight excluding hydrogens is 434 g/mol. The SMILES string of the molecule is BC(B)(O)OCc1nnc(N2CCC(c3ccc(F)cc3Cl)C2)n1-c1ccc(OC)nc1. The molecule has 0 radical (unpaired) electrons. The molecule has 1 aromatic carbocycles. The minimum atomic E-state index is -1.31. The molecule has 0 bridgehead atoms. The molecule has 3 heterocycles. The highest BCUT2D eigenvalue weighted by Gasteiger charge is 2.30. The molecule has 1 aliphatic heterocycles. The summed E-state index contributed by atoms with van der Waals surface area (Å²) in [6.45, 7) is 1.44. The number of aliphatic hydroxyl groups is 1. The van der Waals surface area contributed by atoms with Crippen LogP contribution in [0.4, 0.5) is 10.3 Å². The molecule has 1 unspecified atom stereocenters. The van der Waals surface area contributed by atoms with Crippen LogP contribution in [0.2, 0.25) is 5.02 Å². The lowest BCUT2D eigenvalue weighted by Gasteiger charge is -2.21. The number of methoxy groups -OCH3 is 1. The fourth-order valence-corrected chi connectivity index (χ4v) is 4.09. The van der Waals surface area contributed by atoms with Crippen molar-refractivity contribution in [3.8, 4) is 11.6 Å². The van der Waals surface area contributed by atoms with Gasteiger partial charge in [0.05, 0.1) is 24.6 Å². The van der Waals surface area contributed by atoms with Crippen LogP contribution in [0.3, 0.4) is 0 Å². The molecule has 8 nitrogen and oxygen atoms in total. The summed E-state index contributed by atoms with van der Waals surface area (Å²) in [5, 5.41) is 19.1. The third-order valence-corrected chi connectivity index (χ3v) is 5.66. The number of ether oxygens (including phenoxy) is 2. The van der Waals surface area contributed by atoms with E-state index in [0.717, 1.165) is 24.2 Å². The number of pyridine rings is 1. The smallest absolute Gasteiger partial charge is 0.232 e. The second-order valence-electron chi connectivity index (χ2n) is 8.14. The normalized spacial score (nSPS) is 16.5. The molecule has 3 aromatic rings. The maximum atomic E-state index is 13.5. The van der Waals surface area contributed by atoms with E-state index in [-0.39, 0.29) is 18.3 Å². The molecule has 1 fully saturated rings. The van der Waals surface area contributed by atoms with E-state index in [2.05, 4.69) is 20.1 Å². The topological polar surface area (TPSA) is 85.5 Å². The lowest BCUT2D eigenvalue weighted by molar-refractivity contribution is -0.0868. The zero-order chi connectivity index (χ0) is 22.9. The summed E-state index contributed by atoms with van der Waals surface area (Å²) in [5.74, 6) is 1.43. The van der Waals surface area contributed by atoms with Gasteiger partial charge < -0.3 is 19.5 Å². The molecule has 0 spiro atoms. The Bertz CT molecular complexity index is 1090. The van der Waals surface area contributed by atoms with E-state index in [1.54, 1.807) is 41.1 Å². The number of aromatic nitrogens is 4. The standard InChI is InChI=1S/C20H23B2ClFN5O3/c1-31-18-5-3-14(9-25-18)29-17(11-32-20(21,22)30)26-27-19(29)28-7-6-12(10-28)15-4-2-13(24)8-16(15)23/h2-5,8-9,12,30H,6-7,10-11,21-22H2,1H3. The van der Waals surface area contributed by atoms with E-state index >= 15 is 0 Å². The van der Waals surface area contributed by atoms with Gasteiger partial charge in [0.25, 0.3) is 0 Å². The first-order chi connectivity index (χ1) is 15.2. The van der Waals surface area contributed by atoms with Crippen molar-refractivity contribution in [1.29, 1.82) is 0 Å². The van der Waals surface area contributed by atoms with Crippen LogP contribution < -0.4 is 9.64 Å². The first-order valence-electron chi connectivity index (χ1n) is 10.3. The van der Waals surface area contributed by atoms with Gasteiger partial charge in [-0.15, -0.1) is 10.2 Å². The van der Waals surface area contributed by atoms with Gasteiger partial charge in [0.1, 0.15) is 12.4 Å². The van der Waals surface area contributed by atoms with Gasteiger partial charge in [-0.2, -0.15) is 0 Å². The van der Waals surface area contributed by atoms with Gasteiger partial charge >= 0.3 is 0 Å². The lowest BCUT2D eigenvalue weighted by Crippen LogP contribution is -2.33. The minimum Gasteiger partial charge on any atom is -0.481 e. The Morgan fingerprint density at radius 1 is 1.28 bits per heavy atom. The van der Waals surface area contributed by atoms with E-state index in [1.165, 1.54) is 12.1 Å². The molecule has 1 atom stereocenters. The summed E-state index contributed by atoms with van der Waals surface area (Å²) in [5.41, 5.74) is 0.342. The fraction of sp³-hybridized carbons (Fsp3) is 0.350. The van der Waals surface area contributed by atoms with Crippen LogP contribution in [0.1, 0.15) is 23.7 Å². The van der Waals surface area contributed by atoms with Gasteiger partial charge in [0.15, 0.2) is 21.5 Å². The summed E-state index contributed by atoms with van der Waals surface area (Å²) in [4.78, 5) is 6.40. The second kappa shape index (κ2) is 9.09. The quantitative estimate of drug-likeness (QED) is 0.416. The van der Waals surface area contributed by atoms with Crippen molar-refractivity contribution in [1.82, 2.24) is 19.7 Å². The van der Waals surface area contributed by atoms with Crippen LogP contribution in [-0.4, -0.2) is 66.3 Å². The Labute approximate surface area is 192 Å². The van der Waals surface area contributed by atoms with E-state index in [4.69, 9.17) is 21.1 Å². The number of hydrogen-bond acceptors (Lipinski definition) is 7. The van der Waals surface area contributed by atoms with Crippen molar-refractivity contribution in [2.24, 2.45) is 0 Å². The van der Waals surface area contributed by atoms with Gasteiger partial charge in [-0.25, -0.2) is 9.37 Å². The number of halogens is 2. The number of anilines is 1.